The third kappa shape index (κ3) is 7.54. The monoisotopic (exact) mass is 577 g/mol. The van der Waals surface area contributed by atoms with Gasteiger partial charge in [-0.05, 0) is 82.3 Å². The molecule has 2 unspecified atom stereocenters. The van der Waals surface area contributed by atoms with E-state index >= 15 is 0 Å². The van der Waals surface area contributed by atoms with E-state index in [4.69, 9.17) is 14.5 Å². The second kappa shape index (κ2) is 12.8. The van der Waals surface area contributed by atoms with Crippen molar-refractivity contribution in [2.45, 2.75) is 79.2 Å². The number of nitrogens with zero attached hydrogens (tertiary/aromatic N) is 3. The average molecular weight is 578 g/mol. The first-order valence-electron chi connectivity index (χ1n) is 14.2. The Kier molecular flexibility index (Phi) is 9.33. The molecule has 1 aliphatic rings. The Bertz CT molecular complexity index is 1420. The van der Waals surface area contributed by atoms with Crippen LogP contribution in [0.3, 0.4) is 0 Å². The average Bonchev–Trinajstić information content (AvgIpc) is 2.92. The van der Waals surface area contributed by atoms with Crippen molar-refractivity contribution in [3.05, 3.63) is 76.7 Å². The van der Waals surface area contributed by atoms with Crippen molar-refractivity contribution in [3.8, 4) is 0 Å². The number of esters is 1. The van der Waals surface area contributed by atoms with Gasteiger partial charge in [0.25, 0.3) is 0 Å². The van der Waals surface area contributed by atoms with E-state index in [1.165, 1.54) is 23.3 Å². The highest BCUT2D eigenvalue weighted by atomic mass is 19.1. The van der Waals surface area contributed by atoms with Crippen molar-refractivity contribution in [2.75, 3.05) is 16.8 Å². The molecule has 2 heterocycles. The van der Waals surface area contributed by atoms with Gasteiger partial charge in [0.1, 0.15) is 29.9 Å². The first kappa shape index (κ1) is 30.7. The number of amides is 1. The Morgan fingerprint density at radius 3 is 2.45 bits per heavy atom. The van der Waals surface area contributed by atoms with Crippen molar-refractivity contribution < 1.29 is 23.5 Å². The molecule has 0 saturated carbocycles. The van der Waals surface area contributed by atoms with Gasteiger partial charge in [-0.2, -0.15) is 4.98 Å². The molecule has 10 heteroatoms. The quantitative estimate of drug-likeness (QED) is 0.297. The van der Waals surface area contributed by atoms with E-state index in [9.17, 15) is 14.0 Å². The molecular weight excluding hydrogens is 537 g/mol. The lowest BCUT2D eigenvalue weighted by molar-refractivity contribution is -0.148. The van der Waals surface area contributed by atoms with E-state index in [0.717, 1.165) is 24.3 Å². The maximum atomic E-state index is 13.5. The summed E-state index contributed by atoms with van der Waals surface area (Å²) in [7, 11) is 0. The van der Waals surface area contributed by atoms with Gasteiger partial charge in [-0.1, -0.05) is 38.1 Å². The minimum atomic E-state index is -0.906. The number of ether oxygens (including phenoxy) is 2. The molecule has 1 aromatic heterocycles. The summed E-state index contributed by atoms with van der Waals surface area (Å²) in [6, 6.07) is 13.4. The maximum Gasteiger partial charge on any atom is 0.408 e. The Balaban J connectivity index is 1.61. The predicted molar refractivity (Wildman–Crippen MR) is 160 cm³/mol. The highest BCUT2D eigenvalue weighted by molar-refractivity contribution is 5.81. The fraction of sp³-hybridized carbons (Fsp3) is 0.438. The summed E-state index contributed by atoms with van der Waals surface area (Å²) in [6.07, 6.45) is 0.172. The largest absolute Gasteiger partial charge is 0.458 e. The zero-order chi connectivity index (χ0) is 30.6. The van der Waals surface area contributed by atoms with E-state index in [0.29, 0.717) is 17.3 Å². The first-order chi connectivity index (χ1) is 19.8. The van der Waals surface area contributed by atoms with Crippen LogP contribution in [0.4, 0.5) is 26.6 Å². The Morgan fingerprint density at radius 1 is 1.10 bits per heavy atom. The van der Waals surface area contributed by atoms with Gasteiger partial charge in [-0.3, -0.25) is 0 Å². The number of fused-ring (bicyclic) bond motifs is 1. The van der Waals surface area contributed by atoms with Crippen LogP contribution in [-0.4, -0.2) is 40.2 Å². The van der Waals surface area contributed by atoms with Gasteiger partial charge in [-0.15, -0.1) is 0 Å². The summed E-state index contributed by atoms with van der Waals surface area (Å²) in [5, 5.41) is 5.79. The third-order valence-electron chi connectivity index (χ3n) is 7.13. The van der Waals surface area contributed by atoms with Crippen LogP contribution >= 0.6 is 0 Å². The van der Waals surface area contributed by atoms with E-state index < -0.39 is 23.7 Å². The van der Waals surface area contributed by atoms with Gasteiger partial charge in [0.2, 0.25) is 5.95 Å². The number of halogens is 1. The first-order valence-corrected chi connectivity index (χ1v) is 14.2. The standard InChI is InChI=1S/C32H40FN5O4/c1-19(2)27(36-31(40)42-32(5,6)7)29(39)41-18-26-20(3)28(37-30(35-26)34-24-14-12-23(33)13-15-24)38-17-16-22-10-8-9-11-25(22)21(38)4/h8-15,19,21,27H,16-18H2,1-7H3,(H,36,40)(H,34,35,37). The molecule has 0 spiro atoms. The zero-order valence-electron chi connectivity index (χ0n) is 25.3. The minimum Gasteiger partial charge on any atom is -0.458 e. The third-order valence-corrected chi connectivity index (χ3v) is 7.13. The summed E-state index contributed by atoms with van der Waals surface area (Å²) in [4.78, 5) is 37.3. The smallest absolute Gasteiger partial charge is 0.408 e. The zero-order valence-corrected chi connectivity index (χ0v) is 25.3. The van der Waals surface area contributed by atoms with Crippen LogP contribution < -0.4 is 15.5 Å². The maximum absolute atomic E-state index is 13.5. The summed E-state index contributed by atoms with van der Waals surface area (Å²) in [6.45, 7) is 13.6. The molecule has 1 aliphatic heterocycles. The second-order valence-electron chi connectivity index (χ2n) is 11.9. The number of rotatable bonds is 8. The van der Waals surface area contributed by atoms with E-state index in [1.54, 1.807) is 32.9 Å². The van der Waals surface area contributed by atoms with E-state index in [-0.39, 0.29) is 24.4 Å². The molecule has 4 rings (SSSR count). The van der Waals surface area contributed by atoms with Gasteiger partial charge in [0.15, 0.2) is 0 Å². The highest BCUT2D eigenvalue weighted by Gasteiger charge is 2.30. The summed E-state index contributed by atoms with van der Waals surface area (Å²) in [5.74, 6) is -0.165. The van der Waals surface area contributed by atoms with Crippen molar-refractivity contribution in [1.82, 2.24) is 15.3 Å². The van der Waals surface area contributed by atoms with Crippen LogP contribution in [0.5, 0.6) is 0 Å². The number of benzene rings is 2. The van der Waals surface area contributed by atoms with Crippen LogP contribution in [0.15, 0.2) is 48.5 Å². The number of hydrogen-bond donors (Lipinski definition) is 2. The number of aromatic nitrogens is 2. The lowest BCUT2D eigenvalue weighted by Crippen LogP contribution is -2.47. The van der Waals surface area contributed by atoms with Crippen molar-refractivity contribution >= 4 is 29.5 Å². The lowest BCUT2D eigenvalue weighted by Gasteiger charge is -2.37. The minimum absolute atomic E-state index is 0.0565. The number of alkyl carbamates (subject to hydrolysis) is 1. The van der Waals surface area contributed by atoms with Crippen LogP contribution in [0.2, 0.25) is 0 Å². The van der Waals surface area contributed by atoms with Crippen molar-refractivity contribution in [3.63, 3.8) is 0 Å². The number of anilines is 3. The molecule has 224 valence electrons. The van der Waals surface area contributed by atoms with Crippen LogP contribution in [0, 0.1) is 18.7 Å². The molecule has 2 aromatic carbocycles. The molecule has 0 radical (unpaired) electrons. The SMILES string of the molecule is Cc1c(COC(=O)C(NC(=O)OC(C)(C)C)C(C)C)nc(Nc2ccc(F)cc2)nc1N1CCc2ccccc2C1C. The molecule has 9 nitrogen and oxygen atoms in total. The topological polar surface area (TPSA) is 106 Å². The van der Waals surface area contributed by atoms with Gasteiger partial charge in [0, 0.05) is 17.8 Å². The fourth-order valence-electron chi connectivity index (χ4n) is 4.91. The number of carbonyl (C=O) groups excluding carboxylic acids is 2. The summed E-state index contributed by atoms with van der Waals surface area (Å²) >= 11 is 0. The molecule has 1 amide bonds. The van der Waals surface area contributed by atoms with E-state index in [2.05, 4.69) is 45.6 Å². The number of carbonyl (C=O) groups is 2. The summed E-state index contributed by atoms with van der Waals surface area (Å²) < 4.78 is 24.6. The molecule has 0 aliphatic carbocycles. The van der Waals surface area contributed by atoms with Crippen molar-refractivity contribution in [1.29, 1.82) is 0 Å². The van der Waals surface area contributed by atoms with Gasteiger partial charge in [0.05, 0.1) is 11.7 Å². The number of hydrogen-bond acceptors (Lipinski definition) is 8. The number of nitrogens with one attached hydrogen (secondary N) is 2. The molecule has 2 N–H and O–H groups in total. The molecule has 42 heavy (non-hydrogen) atoms. The molecule has 0 bridgehead atoms. The van der Waals surface area contributed by atoms with Crippen LogP contribution in [-0.2, 0) is 27.3 Å². The predicted octanol–water partition coefficient (Wildman–Crippen LogP) is 6.38. The molecule has 3 aromatic rings. The second-order valence-corrected chi connectivity index (χ2v) is 11.9. The summed E-state index contributed by atoms with van der Waals surface area (Å²) in [5.41, 5.74) is 3.75. The van der Waals surface area contributed by atoms with Crippen molar-refractivity contribution in [2.24, 2.45) is 5.92 Å². The van der Waals surface area contributed by atoms with Crippen LogP contribution in [0.25, 0.3) is 0 Å². The normalized spacial score (nSPS) is 15.5. The molecule has 2 atom stereocenters. The van der Waals surface area contributed by atoms with Gasteiger partial charge in [-0.25, -0.2) is 19.0 Å². The van der Waals surface area contributed by atoms with Gasteiger partial charge < -0.3 is 25.0 Å². The van der Waals surface area contributed by atoms with Gasteiger partial charge >= 0.3 is 12.1 Å². The Morgan fingerprint density at radius 2 is 1.79 bits per heavy atom. The molecule has 0 saturated heterocycles. The molecular formula is C32H40FN5O4. The molecule has 0 fully saturated rings. The lowest BCUT2D eigenvalue weighted by atomic mass is 9.93. The Hall–Kier alpha value is -4.21. The van der Waals surface area contributed by atoms with E-state index in [1.807, 2.05) is 26.8 Å². The Labute approximate surface area is 246 Å². The van der Waals surface area contributed by atoms with Crippen LogP contribution in [0.1, 0.15) is 70.0 Å². The fourth-order valence-corrected chi connectivity index (χ4v) is 4.91. The highest BCUT2D eigenvalue weighted by Crippen LogP contribution is 2.35.